The van der Waals surface area contributed by atoms with Crippen molar-refractivity contribution < 1.29 is 4.21 Å². The van der Waals surface area contributed by atoms with Gasteiger partial charge in [-0.1, -0.05) is 34.1 Å². The molecule has 1 nitrogen and oxygen atoms in total. The summed E-state index contributed by atoms with van der Waals surface area (Å²) in [4.78, 5) is 0. The van der Waals surface area contributed by atoms with Gasteiger partial charge in [-0.05, 0) is 26.2 Å². The first-order chi connectivity index (χ1) is 6.01. The SMILES string of the molecule is CCCC(C)S(=O)C(C)(CC)CC. The molecular weight excluding hydrogens is 180 g/mol. The summed E-state index contributed by atoms with van der Waals surface area (Å²) < 4.78 is 12.2. The van der Waals surface area contributed by atoms with Gasteiger partial charge in [0.05, 0.1) is 0 Å². The van der Waals surface area contributed by atoms with Crippen molar-refractivity contribution in [2.75, 3.05) is 0 Å². The Morgan fingerprint density at radius 1 is 1.23 bits per heavy atom. The second-order valence-corrected chi connectivity index (χ2v) is 6.44. The highest BCUT2D eigenvalue weighted by molar-refractivity contribution is 7.87. The minimum Gasteiger partial charge on any atom is -0.259 e. The monoisotopic (exact) mass is 204 g/mol. The summed E-state index contributed by atoms with van der Waals surface area (Å²) in [5.74, 6) is 0. The first-order valence-corrected chi connectivity index (χ1v) is 6.63. The van der Waals surface area contributed by atoms with Crippen molar-refractivity contribution >= 4 is 10.8 Å². The van der Waals surface area contributed by atoms with Gasteiger partial charge in [0.15, 0.2) is 0 Å². The first kappa shape index (κ1) is 13.2. The second kappa shape index (κ2) is 5.79. The van der Waals surface area contributed by atoms with Crippen LogP contribution in [-0.4, -0.2) is 14.2 Å². The van der Waals surface area contributed by atoms with E-state index in [4.69, 9.17) is 0 Å². The van der Waals surface area contributed by atoms with Crippen LogP contribution in [0, 0.1) is 0 Å². The van der Waals surface area contributed by atoms with Crippen molar-refractivity contribution in [3.05, 3.63) is 0 Å². The number of hydrogen-bond acceptors (Lipinski definition) is 1. The smallest absolute Gasteiger partial charge is 0.0428 e. The van der Waals surface area contributed by atoms with Gasteiger partial charge in [-0.25, -0.2) is 0 Å². The minimum absolute atomic E-state index is 0.0363. The zero-order valence-corrected chi connectivity index (χ0v) is 10.5. The van der Waals surface area contributed by atoms with Crippen LogP contribution in [-0.2, 0) is 10.8 Å². The fourth-order valence-electron chi connectivity index (χ4n) is 1.53. The third-order valence-corrected chi connectivity index (χ3v) is 5.56. The molecule has 0 aromatic rings. The molecule has 0 heterocycles. The standard InChI is InChI=1S/C11H24OS/c1-6-9-10(4)13(12)11(5,7-2)8-3/h10H,6-9H2,1-5H3. The number of rotatable bonds is 6. The number of hydrogen-bond donors (Lipinski definition) is 0. The summed E-state index contributed by atoms with van der Waals surface area (Å²) in [7, 11) is -0.668. The summed E-state index contributed by atoms with van der Waals surface area (Å²) in [6.07, 6.45) is 4.26. The maximum absolute atomic E-state index is 12.1. The van der Waals surface area contributed by atoms with Crippen molar-refractivity contribution in [1.82, 2.24) is 0 Å². The molecule has 0 rings (SSSR count). The Bertz CT molecular complexity index is 161. The maximum Gasteiger partial charge on any atom is 0.0428 e. The minimum atomic E-state index is -0.668. The fourth-order valence-corrected chi connectivity index (χ4v) is 3.52. The van der Waals surface area contributed by atoms with Gasteiger partial charge in [0, 0.05) is 20.8 Å². The summed E-state index contributed by atoms with van der Waals surface area (Å²) in [5.41, 5.74) is 0. The molecule has 80 valence electrons. The van der Waals surface area contributed by atoms with E-state index in [2.05, 4.69) is 34.6 Å². The van der Waals surface area contributed by atoms with E-state index in [0.29, 0.717) is 5.25 Å². The summed E-state index contributed by atoms with van der Waals surface area (Å²) in [5, 5.41) is 0.356. The molecule has 2 heteroatoms. The third kappa shape index (κ3) is 3.41. The van der Waals surface area contributed by atoms with Crippen LogP contribution in [0.2, 0.25) is 0 Å². The van der Waals surface area contributed by atoms with Crippen LogP contribution in [0.1, 0.15) is 60.3 Å². The summed E-state index contributed by atoms with van der Waals surface area (Å²) in [6, 6.07) is 0. The first-order valence-electron chi connectivity index (χ1n) is 5.42. The molecule has 0 saturated heterocycles. The van der Waals surface area contributed by atoms with Crippen molar-refractivity contribution in [1.29, 1.82) is 0 Å². The molecule has 0 aliphatic heterocycles. The Morgan fingerprint density at radius 2 is 1.69 bits per heavy atom. The third-order valence-electron chi connectivity index (χ3n) is 3.04. The van der Waals surface area contributed by atoms with Crippen LogP contribution in [0.25, 0.3) is 0 Å². The van der Waals surface area contributed by atoms with E-state index in [-0.39, 0.29) is 4.75 Å². The molecule has 0 spiro atoms. The van der Waals surface area contributed by atoms with Crippen molar-refractivity contribution in [2.45, 2.75) is 70.3 Å². The van der Waals surface area contributed by atoms with Gasteiger partial charge < -0.3 is 0 Å². The van der Waals surface area contributed by atoms with E-state index in [9.17, 15) is 4.21 Å². The molecule has 0 fully saturated rings. The molecule has 0 amide bonds. The van der Waals surface area contributed by atoms with E-state index in [1.807, 2.05) is 0 Å². The fraction of sp³-hybridized carbons (Fsp3) is 1.00. The normalized spacial score (nSPS) is 17.0. The van der Waals surface area contributed by atoms with Crippen LogP contribution < -0.4 is 0 Å². The van der Waals surface area contributed by atoms with E-state index in [0.717, 1.165) is 25.7 Å². The average molecular weight is 204 g/mol. The van der Waals surface area contributed by atoms with Crippen molar-refractivity contribution in [2.24, 2.45) is 0 Å². The lowest BCUT2D eigenvalue weighted by Crippen LogP contribution is -2.34. The quantitative estimate of drug-likeness (QED) is 0.647. The van der Waals surface area contributed by atoms with Crippen LogP contribution >= 0.6 is 0 Å². The van der Waals surface area contributed by atoms with Gasteiger partial charge in [-0.2, -0.15) is 0 Å². The topological polar surface area (TPSA) is 17.1 Å². The average Bonchev–Trinajstić information content (AvgIpc) is 2.16. The molecule has 0 aliphatic rings. The molecule has 0 saturated carbocycles. The summed E-state index contributed by atoms with van der Waals surface area (Å²) in [6.45, 7) is 10.7. The molecule has 0 N–H and O–H groups in total. The van der Waals surface area contributed by atoms with E-state index < -0.39 is 10.8 Å². The Kier molecular flexibility index (Phi) is 5.86. The zero-order valence-electron chi connectivity index (χ0n) is 9.72. The highest BCUT2D eigenvalue weighted by atomic mass is 32.2. The molecule has 0 aromatic carbocycles. The van der Waals surface area contributed by atoms with Gasteiger partial charge in [0.1, 0.15) is 0 Å². The van der Waals surface area contributed by atoms with Gasteiger partial charge in [-0.15, -0.1) is 0 Å². The largest absolute Gasteiger partial charge is 0.259 e. The highest BCUT2D eigenvalue weighted by Crippen LogP contribution is 2.26. The van der Waals surface area contributed by atoms with Gasteiger partial charge in [0.25, 0.3) is 0 Å². The van der Waals surface area contributed by atoms with Gasteiger partial charge in [-0.3, -0.25) is 4.21 Å². The Morgan fingerprint density at radius 3 is 2.00 bits per heavy atom. The highest BCUT2D eigenvalue weighted by Gasteiger charge is 2.30. The molecule has 0 radical (unpaired) electrons. The molecule has 2 unspecified atom stereocenters. The Labute approximate surface area is 85.8 Å². The molecule has 2 atom stereocenters. The molecule has 13 heavy (non-hydrogen) atoms. The lowest BCUT2D eigenvalue weighted by atomic mass is 10.1. The van der Waals surface area contributed by atoms with E-state index in [1.165, 1.54) is 0 Å². The van der Waals surface area contributed by atoms with Crippen LogP contribution in [0.15, 0.2) is 0 Å². The van der Waals surface area contributed by atoms with Crippen molar-refractivity contribution in [3.8, 4) is 0 Å². The maximum atomic E-state index is 12.1. The zero-order chi connectivity index (χ0) is 10.5. The molecule has 0 bridgehead atoms. The molecule has 0 aliphatic carbocycles. The van der Waals surface area contributed by atoms with E-state index in [1.54, 1.807) is 0 Å². The lowest BCUT2D eigenvalue weighted by Gasteiger charge is -2.29. The van der Waals surface area contributed by atoms with Gasteiger partial charge >= 0.3 is 0 Å². The molecular formula is C11H24OS. The van der Waals surface area contributed by atoms with E-state index >= 15 is 0 Å². The second-order valence-electron chi connectivity index (χ2n) is 4.05. The predicted octanol–water partition coefficient (Wildman–Crippen LogP) is 3.50. The Hall–Kier alpha value is 0.150. The van der Waals surface area contributed by atoms with Crippen LogP contribution in [0.5, 0.6) is 0 Å². The van der Waals surface area contributed by atoms with Crippen LogP contribution in [0.4, 0.5) is 0 Å². The summed E-state index contributed by atoms with van der Waals surface area (Å²) >= 11 is 0. The van der Waals surface area contributed by atoms with Crippen molar-refractivity contribution in [3.63, 3.8) is 0 Å². The van der Waals surface area contributed by atoms with Crippen LogP contribution in [0.3, 0.4) is 0 Å². The predicted molar refractivity (Wildman–Crippen MR) is 61.5 cm³/mol. The van der Waals surface area contributed by atoms with Gasteiger partial charge in [0.2, 0.25) is 0 Å². The Balaban J connectivity index is 4.37. The molecule has 0 aromatic heterocycles. The lowest BCUT2D eigenvalue weighted by molar-refractivity contribution is 0.549.